The third-order valence-electron chi connectivity index (χ3n) is 3.43. The molecule has 0 aromatic carbocycles. The Hall–Kier alpha value is -2.37. The molecule has 6 nitrogen and oxygen atoms in total. The monoisotopic (exact) mass is 322 g/mol. The van der Waals surface area contributed by atoms with E-state index in [1.165, 1.54) is 19.3 Å². The predicted molar refractivity (Wildman–Crippen MR) is 84.6 cm³/mol. The second-order valence-electron chi connectivity index (χ2n) is 5.62. The smallest absolute Gasteiger partial charge is 0.350 e. The molecular formula is C17H22O6. The molecule has 1 N–H and O–H groups in total. The third-order valence-corrected chi connectivity index (χ3v) is 3.43. The molecule has 1 atom stereocenters. The summed E-state index contributed by atoms with van der Waals surface area (Å²) in [5.74, 6) is -1.49. The summed E-state index contributed by atoms with van der Waals surface area (Å²) >= 11 is 0. The molecule has 23 heavy (non-hydrogen) atoms. The van der Waals surface area contributed by atoms with E-state index in [1.807, 2.05) is 6.92 Å². The summed E-state index contributed by atoms with van der Waals surface area (Å²) in [5.41, 5.74) is -1.13. The summed E-state index contributed by atoms with van der Waals surface area (Å²) in [4.78, 5) is 34.8. The van der Waals surface area contributed by atoms with Crippen LogP contribution in [0, 0.1) is 5.92 Å². The van der Waals surface area contributed by atoms with Gasteiger partial charge in [-0.05, 0) is 12.8 Å². The normalized spacial score (nSPS) is 12.6. The van der Waals surface area contributed by atoms with E-state index in [1.54, 1.807) is 19.9 Å². The molecule has 0 bridgehead atoms. The highest BCUT2D eigenvalue weighted by Gasteiger charge is 2.22. The van der Waals surface area contributed by atoms with Crippen LogP contribution in [0.3, 0.4) is 0 Å². The SMILES string of the molecule is COC(=O)/C=C/CCC(C)c1cc(O)c(C(=O)C(C)C)c(=O)o1. The van der Waals surface area contributed by atoms with Crippen LogP contribution in [0.15, 0.2) is 27.4 Å². The topological polar surface area (TPSA) is 93.8 Å². The molecule has 126 valence electrons. The maximum absolute atomic E-state index is 11.9. The Kier molecular flexibility index (Phi) is 6.75. The summed E-state index contributed by atoms with van der Waals surface area (Å²) in [6.07, 6.45) is 4.17. The number of carbonyl (C=O) groups excluding carboxylic acids is 2. The lowest BCUT2D eigenvalue weighted by Gasteiger charge is -2.11. The molecule has 0 aliphatic rings. The molecule has 1 aromatic heterocycles. The van der Waals surface area contributed by atoms with Crippen LogP contribution in [0.4, 0.5) is 0 Å². The number of esters is 1. The van der Waals surface area contributed by atoms with Gasteiger partial charge in [0.2, 0.25) is 0 Å². The summed E-state index contributed by atoms with van der Waals surface area (Å²) in [7, 11) is 1.30. The predicted octanol–water partition coefficient (Wildman–Crippen LogP) is 2.80. The minimum Gasteiger partial charge on any atom is -0.507 e. The minimum atomic E-state index is -0.823. The van der Waals surface area contributed by atoms with Gasteiger partial charge in [0, 0.05) is 24.0 Å². The van der Waals surface area contributed by atoms with Gasteiger partial charge < -0.3 is 14.3 Å². The average molecular weight is 322 g/mol. The first-order valence-corrected chi connectivity index (χ1v) is 7.43. The first kappa shape index (κ1) is 18.7. The van der Waals surface area contributed by atoms with Crippen LogP contribution in [0.25, 0.3) is 0 Å². The summed E-state index contributed by atoms with van der Waals surface area (Å²) < 4.78 is 9.65. The Morgan fingerprint density at radius 2 is 2.00 bits per heavy atom. The van der Waals surface area contributed by atoms with Crippen LogP contribution in [0.1, 0.15) is 55.6 Å². The molecule has 1 heterocycles. The largest absolute Gasteiger partial charge is 0.507 e. The van der Waals surface area contributed by atoms with E-state index in [0.717, 1.165) is 0 Å². The maximum atomic E-state index is 11.9. The Morgan fingerprint density at radius 3 is 2.52 bits per heavy atom. The van der Waals surface area contributed by atoms with E-state index in [0.29, 0.717) is 18.6 Å². The highest BCUT2D eigenvalue weighted by molar-refractivity contribution is 5.99. The first-order chi connectivity index (χ1) is 10.8. The van der Waals surface area contributed by atoms with Crippen molar-refractivity contribution < 1.29 is 23.8 Å². The standard InChI is InChI=1S/C17H22O6/c1-10(2)16(20)15-12(18)9-13(23-17(15)21)11(3)7-5-6-8-14(19)22-4/h6,8-11,18H,5,7H2,1-4H3/b8-6+. The van der Waals surface area contributed by atoms with Crippen LogP contribution < -0.4 is 5.63 Å². The summed E-state index contributed by atoms with van der Waals surface area (Å²) in [6, 6.07) is 1.31. The molecule has 1 aromatic rings. The molecule has 0 radical (unpaired) electrons. The van der Waals surface area contributed by atoms with Crippen molar-refractivity contribution in [3.63, 3.8) is 0 Å². The van der Waals surface area contributed by atoms with Crippen molar-refractivity contribution in [2.45, 2.75) is 39.5 Å². The molecule has 0 fully saturated rings. The first-order valence-electron chi connectivity index (χ1n) is 7.43. The number of allylic oxidation sites excluding steroid dienone is 1. The number of ether oxygens (including phenoxy) is 1. The van der Waals surface area contributed by atoms with Gasteiger partial charge in [-0.25, -0.2) is 9.59 Å². The fourth-order valence-corrected chi connectivity index (χ4v) is 1.99. The minimum absolute atomic E-state index is 0.154. The Morgan fingerprint density at radius 1 is 1.35 bits per heavy atom. The van der Waals surface area contributed by atoms with E-state index in [2.05, 4.69) is 4.74 Å². The second kappa shape index (κ2) is 8.31. The van der Waals surface area contributed by atoms with Gasteiger partial charge in [-0.1, -0.05) is 26.8 Å². The second-order valence-corrected chi connectivity index (χ2v) is 5.62. The molecule has 6 heteroatoms. The Bertz CT molecular complexity index is 654. The van der Waals surface area contributed by atoms with Crippen molar-refractivity contribution in [1.82, 2.24) is 0 Å². The number of methoxy groups -OCH3 is 1. The Balaban J connectivity index is 2.86. The van der Waals surface area contributed by atoms with Gasteiger partial charge in [-0.3, -0.25) is 4.79 Å². The number of ketones is 1. The number of rotatable bonds is 7. The van der Waals surface area contributed by atoms with Crippen LogP contribution in [-0.2, 0) is 9.53 Å². The summed E-state index contributed by atoms with van der Waals surface area (Å²) in [5, 5.41) is 9.96. The molecule has 0 aliphatic heterocycles. The highest BCUT2D eigenvalue weighted by Crippen LogP contribution is 2.25. The van der Waals surface area contributed by atoms with Crippen LogP contribution in [-0.4, -0.2) is 24.0 Å². The number of carbonyl (C=O) groups is 2. The third kappa shape index (κ3) is 5.09. The fraction of sp³-hybridized carbons (Fsp3) is 0.471. The average Bonchev–Trinajstić information content (AvgIpc) is 2.49. The molecule has 0 saturated carbocycles. The van der Waals surface area contributed by atoms with E-state index >= 15 is 0 Å². The number of hydrogen-bond donors (Lipinski definition) is 1. The van der Waals surface area contributed by atoms with Crippen LogP contribution in [0.2, 0.25) is 0 Å². The maximum Gasteiger partial charge on any atom is 0.350 e. The van der Waals surface area contributed by atoms with Gasteiger partial charge in [0.25, 0.3) is 0 Å². The lowest BCUT2D eigenvalue weighted by atomic mass is 9.98. The number of hydrogen-bond acceptors (Lipinski definition) is 6. The van der Waals surface area contributed by atoms with Crippen molar-refractivity contribution in [3.05, 3.63) is 40.0 Å². The quantitative estimate of drug-likeness (QED) is 0.471. The molecule has 1 rings (SSSR count). The number of aromatic hydroxyl groups is 1. The lowest BCUT2D eigenvalue weighted by molar-refractivity contribution is -0.134. The molecule has 0 saturated heterocycles. The molecule has 0 aliphatic carbocycles. The van der Waals surface area contributed by atoms with Crippen LogP contribution in [0.5, 0.6) is 5.75 Å². The molecule has 0 spiro atoms. The zero-order valence-corrected chi connectivity index (χ0v) is 13.8. The van der Waals surface area contributed by atoms with E-state index in [-0.39, 0.29) is 17.2 Å². The van der Waals surface area contributed by atoms with E-state index in [4.69, 9.17) is 4.42 Å². The fourth-order valence-electron chi connectivity index (χ4n) is 1.99. The van der Waals surface area contributed by atoms with Gasteiger partial charge in [0.1, 0.15) is 17.1 Å². The molecule has 0 amide bonds. The van der Waals surface area contributed by atoms with Gasteiger partial charge in [-0.2, -0.15) is 0 Å². The van der Waals surface area contributed by atoms with Crippen molar-refractivity contribution in [1.29, 1.82) is 0 Å². The van der Waals surface area contributed by atoms with E-state index in [9.17, 15) is 19.5 Å². The van der Waals surface area contributed by atoms with Crippen molar-refractivity contribution in [2.24, 2.45) is 5.92 Å². The van der Waals surface area contributed by atoms with Gasteiger partial charge in [0.05, 0.1) is 7.11 Å². The molecular weight excluding hydrogens is 300 g/mol. The lowest BCUT2D eigenvalue weighted by Crippen LogP contribution is -2.19. The van der Waals surface area contributed by atoms with Gasteiger partial charge in [-0.15, -0.1) is 0 Å². The Labute approximate surface area is 134 Å². The number of Topliss-reactive ketones (excluding diaryl/α,β-unsaturated/α-hetero) is 1. The van der Waals surface area contributed by atoms with Gasteiger partial charge >= 0.3 is 11.6 Å². The van der Waals surface area contributed by atoms with Crippen molar-refractivity contribution in [2.75, 3.05) is 7.11 Å². The van der Waals surface area contributed by atoms with Crippen LogP contribution >= 0.6 is 0 Å². The zero-order valence-electron chi connectivity index (χ0n) is 13.8. The highest BCUT2D eigenvalue weighted by atomic mass is 16.5. The van der Waals surface area contributed by atoms with E-state index < -0.39 is 23.3 Å². The van der Waals surface area contributed by atoms with Crippen molar-refractivity contribution in [3.8, 4) is 5.75 Å². The summed E-state index contributed by atoms with van der Waals surface area (Å²) in [6.45, 7) is 5.12. The zero-order chi connectivity index (χ0) is 17.6. The molecule has 1 unspecified atom stereocenters. The van der Waals surface area contributed by atoms with Gasteiger partial charge in [0.15, 0.2) is 5.78 Å². The van der Waals surface area contributed by atoms with Crippen molar-refractivity contribution >= 4 is 11.8 Å².